The van der Waals surface area contributed by atoms with Crippen LogP contribution >= 0.6 is 35.3 Å². The van der Waals surface area contributed by atoms with E-state index >= 15 is 0 Å². The molecular formula is C22H31IN4OS. The molecule has 3 rings (SSSR count). The number of thiophene rings is 1. The van der Waals surface area contributed by atoms with Gasteiger partial charge in [0.25, 0.3) is 5.91 Å². The maximum Gasteiger partial charge on any atom is 0.253 e. The van der Waals surface area contributed by atoms with Crippen molar-refractivity contribution < 1.29 is 4.79 Å². The van der Waals surface area contributed by atoms with Gasteiger partial charge in [-0.3, -0.25) is 9.79 Å². The molecule has 7 heteroatoms. The molecule has 2 N–H and O–H groups in total. The molecule has 5 nitrogen and oxygen atoms in total. The van der Waals surface area contributed by atoms with Crippen molar-refractivity contribution in [2.24, 2.45) is 4.99 Å². The Morgan fingerprint density at radius 2 is 1.86 bits per heavy atom. The lowest BCUT2D eigenvalue weighted by molar-refractivity contribution is 0.0724. The topological polar surface area (TPSA) is 56.7 Å². The lowest BCUT2D eigenvalue weighted by atomic mass is 10.1. The number of likely N-dealkylation sites (tertiary alicyclic amines) is 1. The number of carbonyl (C=O) groups is 1. The van der Waals surface area contributed by atoms with Crippen molar-refractivity contribution in [2.45, 2.75) is 38.6 Å². The quantitative estimate of drug-likeness (QED) is 0.332. The van der Waals surface area contributed by atoms with Crippen LogP contribution in [-0.4, -0.2) is 43.4 Å². The summed E-state index contributed by atoms with van der Waals surface area (Å²) < 4.78 is 0. The van der Waals surface area contributed by atoms with Gasteiger partial charge in [0.2, 0.25) is 0 Å². The molecule has 0 radical (unpaired) electrons. The van der Waals surface area contributed by atoms with Crippen molar-refractivity contribution in [3.63, 3.8) is 0 Å². The van der Waals surface area contributed by atoms with E-state index < -0.39 is 0 Å². The number of hydrogen-bond donors (Lipinski definition) is 2. The van der Waals surface area contributed by atoms with Gasteiger partial charge in [-0.25, -0.2) is 0 Å². The molecule has 1 aliphatic rings. The Labute approximate surface area is 195 Å². The molecule has 1 atom stereocenters. The van der Waals surface area contributed by atoms with E-state index in [1.165, 1.54) is 12.0 Å². The van der Waals surface area contributed by atoms with Crippen molar-refractivity contribution >= 4 is 47.2 Å². The molecule has 1 aromatic heterocycles. The minimum absolute atomic E-state index is 0. The fourth-order valence-electron chi connectivity index (χ4n) is 3.37. The summed E-state index contributed by atoms with van der Waals surface area (Å²) in [5.74, 6) is 1.37. The first kappa shape index (κ1) is 23.7. The summed E-state index contributed by atoms with van der Waals surface area (Å²) in [5, 5.41) is 11.0. The van der Waals surface area contributed by atoms with Crippen molar-refractivity contribution in [3.8, 4) is 0 Å². The first-order chi connectivity index (χ1) is 13.7. The van der Waals surface area contributed by atoms with Crippen LogP contribution in [0.25, 0.3) is 0 Å². The second kappa shape index (κ2) is 12.2. The number of halogens is 1. The molecule has 2 aromatic rings. The van der Waals surface area contributed by atoms with Gasteiger partial charge in [0, 0.05) is 38.8 Å². The van der Waals surface area contributed by atoms with E-state index in [0.717, 1.165) is 49.6 Å². The number of piperidine rings is 1. The van der Waals surface area contributed by atoms with Crippen LogP contribution in [-0.2, 0) is 6.54 Å². The number of amides is 1. The number of rotatable bonds is 6. The summed E-state index contributed by atoms with van der Waals surface area (Å²) in [6.07, 6.45) is 3.46. The van der Waals surface area contributed by atoms with Crippen LogP contribution in [0.3, 0.4) is 0 Å². The van der Waals surface area contributed by atoms with E-state index in [0.29, 0.717) is 12.5 Å². The largest absolute Gasteiger partial charge is 0.356 e. The highest BCUT2D eigenvalue weighted by Crippen LogP contribution is 2.17. The van der Waals surface area contributed by atoms with Gasteiger partial charge in [0.05, 0.1) is 0 Å². The number of nitrogens with one attached hydrogen (secondary N) is 2. The number of carbonyl (C=O) groups excluding carboxylic acids is 1. The second-order valence-corrected chi connectivity index (χ2v) is 8.09. The molecule has 1 aromatic carbocycles. The normalized spacial score (nSPS) is 15.4. The van der Waals surface area contributed by atoms with Crippen molar-refractivity contribution in [2.75, 3.05) is 26.7 Å². The van der Waals surface area contributed by atoms with Crippen molar-refractivity contribution in [1.82, 2.24) is 15.5 Å². The maximum absolute atomic E-state index is 12.6. The lowest BCUT2D eigenvalue weighted by Crippen LogP contribution is -2.38. The van der Waals surface area contributed by atoms with Crippen LogP contribution in [0.4, 0.5) is 0 Å². The number of hydrogen-bond acceptors (Lipinski definition) is 3. The fourth-order valence-corrected chi connectivity index (χ4v) is 4.16. The Kier molecular flexibility index (Phi) is 9.93. The highest BCUT2D eigenvalue weighted by Gasteiger charge is 2.17. The first-order valence-electron chi connectivity index (χ1n) is 10.0. The Morgan fingerprint density at radius 1 is 1.14 bits per heavy atom. The molecule has 1 aliphatic heterocycles. The molecule has 158 valence electrons. The van der Waals surface area contributed by atoms with E-state index in [4.69, 9.17) is 0 Å². The van der Waals surface area contributed by atoms with E-state index in [-0.39, 0.29) is 29.9 Å². The lowest BCUT2D eigenvalue weighted by Gasteiger charge is -2.26. The minimum atomic E-state index is 0. The molecular weight excluding hydrogens is 495 g/mol. The third-order valence-electron chi connectivity index (χ3n) is 5.22. The van der Waals surface area contributed by atoms with Gasteiger partial charge in [0.15, 0.2) is 5.96 Å². The molecule has 2 heterocycles. The summed E-state index contributed by atoms with van der Waals surface area (Å²) in [4.78, 5) is 18.8. The first-order valence-corrected chi connectivity index (χ1v) is 11.0. The summed E-state index contributed by atoms with van der Waals surface area (Å²) in [7, 11) is 1.78. The third kappa shape index (κ3) is 6.99. The predicted octanol–water partition coefficient (Wildman–Crippen LogP) is 4.46. The van der Waals surface area contributed by atoms with E-state index in [1.54, 1.807) is 18.4 Å². The Balaban J connectivity index is 0.00000300. The molecule has 0 spiro atoms. The van der Waals surface area contributed by atoms with E-state index in [9.17, 15) is 4.79 Å². The molecule has 0 aliphatic carbocycles. The third-order valence-corrected chi connectivity index (χ3v) is 5.92. The maximum atomic E-state index is 12.6. The summed E-state index contributed by atoms with van der Waals surface area (Å²) in [6.45, 7) is 5.48. The van der Waals surface area contributed by atoms with Gasteiger partial charge in [-0.2, -0.15) is 11.3 Å². The SMILES string of the molecule is CN=C(NCc1ccc(C(=O)N2CCCCC2)cc1)NCC(C)c1ccsc1.I. The molecule has 1 saturated heterocycles. The van der Waals surface area contributed by atoms with Gasteiger partial charge in [-0.05, 0) is 65.3 Å². The minimum Gasteiger partial charge on any atom is -0.356 e. The molecule has 29 heavy (non-hydrogen) atoms. The monoisotopic (exact) mass is 526 g/mol. The van der Waals surface area contributed by atoms with E-state index in [2.05, 4.69) is 39.4 Å². The van der Waals surface area contributed by atoms with Gasteiger partial charge < -0.3 is 15.5 Å². The van der Waals surface area contributed by atoms with Gasteiger partial charge >= 0.3 is 0 Å². The zero-order valence-electron chi connectivity index (χ0n) is 17.2. The van der Waals surface area contributed by atoms with E-state index in [1.807, 2.05) is 29.2 Å². The molecule has 1 unspecified atom stereocenters. The predicted molar refractivity (Wildman–Crippen MR) is 133 cm³/mol. The van der Waals surface area contributed by atoms with Crippen LogP contribution < -0.4 is 10.6 Å². The molecule has 1 fully saturated rings. The van der Waals surface area contributed by atoms with Gasteiger partial charge in [0.1, 0.15) is 0 Å². The molecule has 0 bridgehead atoms. The van der Waals surface area contributed by atoms with Gasteiger partial charge in [-0.15, -0.1) is 24.0 Å². The zero-order chi connectivity index (χ0) is 19.8. The number of aliphatic imine (C=N–C) groups is 1. The Hall–Kier alpha value is -1.61. The Morgan fingerprint density at radius 3 is 2.48 bits per heavy atom. The molecule has 0 saturated carbocycles. The average molecular weight is 526 g/mol. The van der Waals surface area contributed by atoms with Crippen molar-refractivity contribution in [1.29, 1.82) is 0 Å². The Bertz CT molecular complexity index is 771. The van der Waals surface area contributed by atoms with Crippen LogP contribution in [0.5, 0.6) is 0 Å². The van der Waals surface area contributed by atoms with Crippen LogP contribution in [0.1, 0.15) is 53.6 Å². The van der Waals surface area contributed by atoms with Crippen LogP contribution in [0.15, 0.2) is 46.1 Å². The second-order valence-electron chi connectivity index (χ2n) is 7.31. The number of benzene rings is 1. The molecule has 1 amide bonds. The standard InChI is InChI=1S/C22H30N4OS.HI/c1-17(20-10-13-28-16-20)14-24-22(23-2)25-15-18-6-8-19(9-7-18)21(27)26-11-4-3-5-12-26;/h6-10,13,16-17H,3-5,11-12,14-15H2,1-2H3,(H2,23,24,25);1H. The zero-order valence-corrected chi connectivity index (χ0v) is 20.3. The number of nitrogens with zero attached hydrogens (tertiary/aromatic N) is 2. The highest BCUT2D eigenvalue weighted by atomic mass is 127. The van der Waals surface area contributed by atoms with Crippen molar-refractivity contribution in [3.05, 3.63) is 57.8 Å². The summed E-state index contributed by atoms with van der Waals surface area (Å²) in [6, 6.07) is 10.1. The summed E-state index contributed by atoms with van der Waals surface area (Å²) in [5.41, 5.74) is 3.25. The number of guanidine groups is 1. The van der Waals surface area contributed by atoms with Gasteiger partial charge in [-0.1, -0.05) is 19.1 Å². The fraction of sp³-hybridized carbons (Fsp3) is 0.455. The smallest absolute Gasteiger partial charge is 0.253 e. The highest BCUT2D eigenvalue weighted by molar-refractivity contribution is 14.0. The van der Waals surface area contributed by atoms with Crippen LogP contribution in [0, 0.1) is 0 Å². The average Bonchev–Trinajstić information content (AvgIpc) is 3.29. The van der Waals surface area contributed by atoms with Crippen LogP contribution in [0.2, 0.25) is 0 Å². The summed E-state index contributed by atoms with van der Waals surface area (Å²) >= 11 is 1.73.